The lowest BCUT2D eigenvalue weighted by atomic mass is 10.2. The van der Waals surface area contributed by atoms with Crippen molar-refractivity contribution >= 4 is 34.8 Å². The molecule has 1 rings (SSSR count). The molecule has 1 heterocycles. The quantitative estimate of drug-likeness (QED) is 0.541. The van der Waals surface area contributed by atoms with Gasteiger partial charge in [0.2, 0.25) is 5.88 Å². The average Bonchev–Trinajstić information content (AvgIpc) is 2.25. The summed E-state index contributed by atoms with van der Waals surface area (Å²) in [7, 11) is 0. The number of ether oxygens (including phenoxy) is 1. The molecular formula is C11H14Cl3NO. The number of hydrogen-bond acceptors (Lipinski definition) is 2. The maximum Gasteiger partial charge on any atom is 0.234 e. The molecule has 1 aromatic heterocycles. The fourth-order valence-corrected chi connectivity index (χ4v) is 1.77. The number of hydrogen-bond donors (Lipinski definition) is 0. The largest absolute Gasteiger partial charge is 0.477 e. The van der Waals surface area contributed by atoms with Crippen LogP contribution in [0.4, 0.5) is 0 Å². The van der Waals surface area contributed by atoms with Gasteiger partial charge in [-0.15, -0.1) is 0 Å². The zero-order valence-corrected chi connectivity index (χ0v) is 11.4. The van der Waals surface area contributed by atoms with Crippen molar-refractivity contribution in [2.75, 3.05) is 6.61 Å². The Balaban J connectivity index is 2.45. The minimum atomic E-state index is 0.217. The lowest BCUT2D eigenvalue weighted by Crippen LogP contribution is -2.00. The van der Waals surface area contributed by atoms with Crippen LogP contribution in [0, 0.1) is 0 Å². The maximum absolute atomic E-state index is 5.91. The van der Waals surface area contributed by atoms with Crippen molar-refractivity contribution in [1.29, 1.82) is 0 Å². The molecule has 5 heteroatoms. The fraction of sp³-hybridized carbons (Fsp3) is 0.545. The molecule has 0 aromatic carbocycles. The molecule has 0 bridgehead atoms. The molecule has 0 aliphatic heterocycles. The summed E-state index contributed by atoms with van der Waals surface area (Å²) < 4.78 is 5.43. The fourth-order valence-electron chi connectivity index (χ4n) is 1.23. The lowest BCUT2D eigenvalue weighted by molar-refractivity contribution is 0.294. The number of aromatic nitrogens is 1. The van der Waals surface area contributed by atoms with E-state index in [1.807, 2.05) is 0 Å². The van der Waals surface area contributed by atoms with E-state index in [-0.39, 0.29) is 5.15 Å². The SMILES string of the molecule is CCCCCCOc1nc(Cl)c(Cl)cc1Cl. The van der Waals surface area contributed by atoms with Gasteiger partial charge in [-0.2, -0.15) is 4.98 Å². The minimum absolute atomic E-state index is 0.217. The Bertz CT molecular complexity index is 344. The van der Waals surface area contributed by atoms with E-state index in [2.05, 4.69) is 11.9 Å². The molecule has 0 unspecified atom stereocenters. The van der Waals surface area contributed by atoms with Gasteiger partial charge < -0.3 is 4.74 Å². The predicted molar refractivity (Wildman–Crippen MR) is 68.9 cm³/mol. The zero-order valence-electron chi connectivity index (χ0n) is 9.10. The molecule has 0 saturated carbocycles. The van der Waals surface area contributed by atoms with Gasteiger partial charge >= 0.3 is 0 Å². The van der Waals surface area contributed by atoms with E-state index in [0.29, 0.717) is 22.5 Å². The van der Waals surface area contributed by atoms with Crippen molar-refractivity contribution in [3.8, 4) is 5.88 Å². The van der Waals surface area contributed by atoms with E-state index in [4.69, 9.17) is 39.5 Å². The third kappa shape index (κ3) is 4.36. The molecule has 0 aliphatic rings. The third-order valence-corrected chi connectivity index (χ3v) is 3.03. The normalized spacial score (nSPS) is 10.5. The van der Waals surface area contributed by atoms with Crippen LogP contribution in [0.2, 0.25) is 15.2 Å². The molecule has 0 radical (unpaired) electrons. The summed E-state index contributed by atoms with van der Waals surface area (Å²) in [6.45, 7) is 2.77. The van der Waals surface area contributed by atoms with Crippen LogP contribution in [0.1, 0.15) is 32.6 Å². The van der Waals surface area contributed by atoms with Gasteiger partial charge in [0, 0.05) is 0 Å². The molecule has 1 aromatic rings. The molecule has 0 amide bonds. The lowest BCUT2D eigenvalue weighted by Gasteiger charge is -2.07. The summed E-state index contributed by atoms with van der Waals surface area (Å²) >= 11 is 17.4. The van der Waals surface area contributed by atoms with E-state index in [0.717, 1.165) is 12.8 Å². The summed E-state index contributed by atoms with van der Waals surface area (Å²) in [5.41, 5.74) is 0. The summed E-state index contributed by atoms with van der Waals surface area (Å²) in [4.78, 5) is 3.97. The van der Waals surface area contributed by atoms with Crippen LogP contribution >= 0.6 is 34.8 Å². The van der Waals surface area contributed by atoms with Crippen LogP contribution in [0.3, 0.4) is 0 Å². The van der Waals surface area contributed by atoms with Gasteiger partial charge in [0.1, 0.15) is 5.02 Å². The average molecular weight is 283 g/mol. The first kappa shape index (κ1) is 13.9. The Morgan fingerprint density at radius 3 is 2.56 bits per heavy atom. The molecule has 0 aliphatic carbocycles. The highest BCUT2D eigenvalue weighted by Gasteiger charge is 2.08. The van der Waals surface area contributed by atoms with E-state index in [1.54, 1.807) is 6.07 Å². The topological polar surface area (TPSA) is 22.1 Å². The van der Waals surface area contributed by atoms with Crippen molar-refractivity contribution in [1.82, 2.24) is 4.98 Å². The molecule has 0 fully saturated rings. The van der Waals surface area contributed by atoms with Crippen molar-refractivity contribution in [2.45, 2.75) is 32.6 Å². The Morgan fingerprint density at radius 1 is 1.12 bits per heavy atom. The van der Waals surface area contributed by atoms with Gasteiger partial charge in [-0.3, -0.25) is 0 Å². The van der Waals surface area contributed by atoms with Gasteiger partial charge in [0.05, 0.1) is 11.6 Å². The van der Waals surface area contributed by atoms with Crippen LogP contribution in [-0.2, 0) is 0 Å². The van der Waals surface area contributed by atoms with E-state index in [1.165, 1.54) is 12.8 Å². The smallest absolute Gasteiger partial charge is 0.234 e. The van der Waals surface area contributed by atoms with E-state index >= 15 is 0 Å². The highest BCUT2D eigenvalue weighted by molar-refractivity contribution is 6.42. The standard InChI is InChI=1S/C11H14Cl3NO/c1-2-3-4-5-6-16-11-9(13)7-8(12)10(14)15-11/h7H,2-6H2,1H3. The second-order valence-electron chi connectivity index (χ2n) is 3.46. The number of halogens is 3. The summed E-state index contributed by atoms with van der Waals surface area (Å²) in [6.07, 6.45) is 4.55. The van der Waals surface area contributed by atoms with Crippen molar-refractivity contribution in [3.05, 3.63) is 21.3 Å². The van der Waals surface area contributed by atoms with E-state index in [9.17, 15) is 0 Å². The molecule has 90 valence electrons. The molecule has 0 atom stereocenters. The van der Waals surface area contributed by atoms with Crippen LogP contribution in [0.15, 0.2) is 6.07 Å². The maximum atomic E-state index is 5.91. The first-order chi connectivity index (χ1) is 7.65. The molecule has 0 N–H and O–H groups in total. The van der Waals surface area contributed by atoms with Gasteiger partial charge in [-0.05, 0) is 12.5 Å². The number of unbranched alkanes of at least 4 members (excludes halogenated alkanes) is 3. The highest BCUT2D eigenvalue weighted by Crippen LogP contribution is 2.30. The molecule has 0 spiro atoms. The first-order valence-electron chi connectivity index (χ1n) is 5.29. The molecule has 0 saturated heterocycles. The van der Waals surface area contributed by atoms with E-state index < -0.39 is 0 Å². The second kappa shape index (κ2) is 7.21. The Kier molecular flexibility index (Phi) is 6.25. The summed E-state index contributed by atoms with van der Waals surface area (Å²) in [5.74, 6) is 0.354. The monoisotopic (exact) mass is 281 g/mol. The summed E-state index contributed by atoms with van der Waals surface area (Å²) in [6, 6.07) is 1.54. The Morgan fingerprint density at radius 2 is 1.88 bits per heavy atom. The van der Waals surface area contributed by atoms with Crippen molar-refractivity contribution in [3.63, 3.8) is 0 Å². The number of pyridine rings is 1. The Labute approximate surface area is 111 Å². The molecular weight excluding hydrogens is 268 g/mol. The van der Waals surface area contributed by atoms with Crippen LogP contribution in [0.5, 0.6) is 5.88 Å². The van der Waals surface area contributed by atoms with Crippen molar-refractivity contribution in [2.24, 2.45) is 0 Å². The van der Waals surface area contributed by atoms with Crippen LogP contribution in [-0.4, -0.2) is 11.6 Å². The first-order valence-corrected chi connectivity index (χ1v) is 6.43. The minimum Gasteiger partial charge on any atom is -0.477 e. The number of rotatable bonds is 6. The predicted octanol–water partition coefficient (Wildman–Crippen LogP) is 5.00. The van der Waals surface area contributed by atoms with Crippen LogP contribution < -0.4 is 4.74 Å². The Hall–Kier alpha value is -0.180. The second-order valence-corrected chi connectivity index (χ2v) is 4.63. The van der Waals surface area contributed by atoms with Crippen molar-refractivity contribution < 1.29 is 4.74 Å². The molecule has 2 nitrogen and oxygen atoms in total. The third-order valence-electron chi connectivity index (χ3n) is 2.09. The van der Waals surface area contributed by atoms with Gasteiger partial charge in [0.25, 0.3) is 0 Å². The van der Waals surface area contributed by atoms with Gasteiger partial charge in [-0.1, -0.05) is 61.0 Å². The number of nitrogens with zero attached hydrogens (tertiary/aromatic N) is 1. The van der Waals surface area contributed by atoms with Gasteiger partial charge in [0.15, 0.2) is 5.15 Å². The highest BCUT2D eigenvalue weighted by atomic mass is 35.5. The van der Waals surface area contributed by atoms with Crippen LogP contribution in [0.25, 0.3) is 0 Å². The molecule has 16 heavy (non-hydrogen) atoms. The van der Waals surface area contributed by atoms with Gasteiger partial charge in [-0.25, -0.2) is 0 Å². The zero-order chi connectivity index (χ0) is 12.0. The summed E-state index contributed by atoms with van der Waals surface area (Å²) in [5, 5.41) is 0.949.